The molecule has 150 valence electrons. The Morgan fingerprint density at radius 1 is 1.19 bits per heavy atom. The Hall–Kier alpha value is -1.60. The minimum atomic E-state index is -2.96. The first kappa shape index (κ1) is 20.1. The molecule has 2 aliphatic heterocycles. The van der Waals surface area contributed by atoms with Crippen LogP contribution in [0.4, 0.5) is 0 Å². The first-order chi connectivity index (χ1) is 13.0. The molecule has 1 atom stereocenters. The number of benzene rings is 1. The maximum Gasteiger partial charge on any atom is 0.223 e. The lowest BCUT2D eigenvalue weighted by atomic mass is 10.1. The molecule has 0 radical (unpaired) electrons. The SMILES string of the molecule is COc1ccc(CN(CCC(=O)N2CCCCC2)C2CCS(=O)(=O)C2)cc1. The van der Waals surface area contributed by atoms with Crippen LogP contribution in [-0.2, 0) is 21.2 Å². The van der Waals surface area contributed by atoms with Crippen molar-refractivity contribution in [1.82, 2.24) is 9.80 Å². The van der Waals surface area contributed by atoms with Crippen LogP contribution in [0.5, 0.6) is 5.75 Å². The maximum atomic E-state index is 12.5. The molecule has 0 aliphatic carbocycles. The van der Waals surface area contributed by atoms with Crippen molar-refractivity contribution in [1.29, 1.82) is 0 Å². The average Bonchev–Trinajstić information content (AvgIpc) is 3.05. The number of carbonyl (C=O) groups excluding carboxylic acids is 1. The summed E-state index contributed by atoms with van der Waals surface area (Å²) in [5.41, 5.74) is 1.10. The van der Waals surface area contributed by atoms with Crippen molar-refractivity contribution in [2.45, 2.75) is 44.7 Å². The number of hydrogen-bond acceptors (Lipinski definition) is 5. The van der Waals surface area contributed by atoms with Crippen LogP contribution in [0.1, 0.15) is 37.7 Å². The normalized spacial score (nSPS) is 22.1. The summed E-state index contributed by atoms with van der Waals surface area (Å²) in [7, 11) is -1.32. The molecule has 2 heterocycles. The summed E-state index contributed by atoms with van der Waals surface area (Å²) in [6.07, 6.45) is 4.47. The number of ether oxygens (including phenoxy) is 1. The monoisotopic (exact) mass is 394 g/mol. The summed E-state index contributed by atoms with van der Waals surface area (Å²) in [6, 6.07) is 7.82. The van der Waals surface area contributed by atoms with Crippen LogP contribution in [0.15, 0.2) is 24.3 Å². The van der Waals surface area contributed by atoms with Gasteiger partial charge in [-0.05, 0) is 43.4 Å². The lowest BCUT2D eigenvalue weighted by Crippen LogP contribution is -2.41. The predicted molar refractivity (Wildman–Crippen MR) is 106 cm³/mol. The molecule has 2 aliphatic rings. The van der Waals surface area contributed by atoms with Crippen molar-refractivity contribution in [2.24, 2.45) is 0 Å². The van der Waals surface area contributed by atoms with Gasteiger partial charge in [-0.1, -0.05) is 12.1 Å². The van der Waals surface area contributed by atoms with Gasteiger partial charge in [0.1, 0.15) is 5.75 Å². The number of rotatable bonds is 7. The van der Waals surface area contributed by atoms with Gasteiger partial charge in [-0.3, -0.25) is 9.69 Å². The maximum absolute atomic E-state index is 12.5. The molecule has 27 heavy (non-hydrogen) atoms. The van der Waals surface area contributed by atoms with E-state index < -0.39 is 9.84 Å². The smallest absolute Gasteiger partial charge is 0.223 e. The van der Waals surface area contributed by atoms with Gasteiger partial charge in [-0.2, -0.15) is 0 Å². The fourth-order valence-electron chi connectivity index (χ4n) is 3.96. The fourth-order valence-corrected chi connectivity index (χ4v) is 5.72. The van der Waals surface area contributed by atoms with E-state index in [0.29, 0.717) is 25.9 Å². The highest BCUT2D eigenvalue weighted by molar-refractivity contribution is 7.91. The Bertz CT molecular complexity index is 727. The molecule has 1 aromatic rings. The molecule has 0 spiro atoms. The molecule has 3 rings (SSSR count). The summed E-state index contributed by atoms with van der Waals surface area (Å²) < 4.78 is 29.1. The number of sulfone groups is 1. The Morgan fingerprint density at radius 2 is 1.89 bits per heavy atom. The molecule has 1 unspecified atom stereocenters. The molecule has 0 saturated carbocycles. The van der Waals surface area contributed by atoms with Crippen LogP contribution in [0, 0.1) is 0 Å². The number of methoxy groups -OCH3 is 1. The minimum Gasteiger partial charge on any atom is -0.497 e. The van der Waals surface area contributed by atoms with E-state index in [2.05, 4.69) is 4.90 Å². The standard InChI is InChI=1S/C20H30N2O4S/c1-26-19-7-5-17(6-8-19)15-22(18-10-14-27(24,25)16-18)13-9-20(23)21-11-3-2-4-12-21/h5-8,18H,2-4,9-16H2,1H3. The molecule has 0 bridgehead atoms. The molecule has 1 aromatic carbocycles. The van der Waals surface area contributed by atoms with E-state index in [1.54, 1.807) is 7.11 Å². The number of nitrogens with zero attached hydrogens (tertiary/aromatic N) is 2. The summed E-state index contributed by atoms with van der Waals surface area (Å²) in [4.78, 5) is 16.7. The van der Waals surface area contributed by atoms with E-state index in [4.69, 9.17) is 4.74 Å². The van der Waals surface area contributed by atoms with E-state index in [1.165, 1.54) is 6.42 Å². The highest BCUT2D eigenvalue weighted by Crippen LogP contribution is 2.22. The van der Waals surface area contributed by atoms with Gasteiger partial charge in [0, 0.05) is 38.6 Å². The summed E-state index contributed by atoms with van der Waals surface area (Å²) in [5, 5.41) is 0. The highest BCUT2D eigenvalue weighted by atomic mass is 32.2. The van der Waals surface area contributed by atoms with Crippen molar-refractivity contribution in [3.05, 3.63) is 29.8 Å². The molecule has 1 amide bonds. The quantitative estimate of drug-likeness (QED) is 0.708. The second kappa shape index (κ2) is 9.06. The van der Waals surface area contributed by atoms with E-state index in [1.807, 2.05) is 29.2 Å². The topological polar surface area (TPSA) is 66.9 Å². The Kier molecular flexibility index (Phi) is 6.76. The van der Waals surface area contributed by atoms with Crippen molar-refractivity contribution < 1.29 is 17.9 Å². The van der Waals surface area contributed by atoms with Crippen LogP contribution in [0.2, 0.25) is 0 Å². The van der Waals surface area contributed by atoms with Crippen molar-refractivity contribution in [2.75, 3.05) is 38.2 Å². The van der Waals surface area contributed by atoms with Crippen LogP contribution in [-0.4, -0.2) is 68.4 Å². The van der Waals surface area contributed by atoms with E-state index in [-0.39, 0.29) is 23.5 Å². The highest BCUT2D eigenvalue weighted by Gasteiger charge is 2.32. The van der Waals surface area contributed by atoms with Crippen LogP contribution in [0.3, 0.4) is 0 Å². The van der Waals surface area contributed by atoms with Crippen LogP contribution in [0.25, 0.3) is 0 Å². The van der Waals surface area contributed by atoms with Gasteiger partial charge in [-0.25, -0.2) is 8.42 Å². The van der Waals surface area contributed by atoms with E-state index in [9.17, 15) is 13.2 Å². The number of piperidine rings is 1. The predicted octanol–water partition coefficient (Wildman–Crippen LogP) is 2.09. The van der Waals surface area contributed by atoms with Gasteiger partial charge >= 0.3 is 0 Å². The zero-order valence-electron chi connectivity index (χ0n) is 16.1. The molecule has 2 saturated heterocycles. The summed E-state index contributed by atoms with van der Waals surface area (Å²) in [5.74, 6) is 1.43. The Morgan fingerprint density at radius 3 is 2.48 bits per heavy atom. The molecule has 6 nitrogen and oxygen atoms in total. The van der Waals surface area contributed by atoms with Gasteiger partial charge < -0.3 is 9.64 Å². The molecule has 2 fully saturated rings. The third-order valence-electron chi connectivity index (χ3n) is 5.59. The van der Waals surface area contributed by atoms with E-state index >= 15 is 0 Å². The lowest BCUT2D eigenvalue weighted by molar-refractivity contribution is -0.132. The van der Waals surface area contributed by atoms with Crippen molar-refractivity contribution >= 4 is 15.7 Å². The first-order valence-electron chi connectivity index (χ1n) is 9.82. The Labute approximate surface area is 162 Å². The molecule has 0 N–H and O–H groups in total. The van der Waals surface area contributed by atoms with Gasteiger partial charge in [0.15, 0.2) is 9.84 Å². The third kappa shape index (κ3) is 5.69. The van der Waals surface area contributed by atoms with Gasteiger partial charge in [0.2, 0.25) is 5.91 Å². The molecule has 0 aromatic heterocycles. The number of likely N-dealkylation sites (tertiary alicyclic amines) is 1. The van der Waals surface area contributed by atoms with Crippen LogP contribution < -0.4 is 4.74 Å². The lowest BCUT2D eigenvalue weighted by Gasteiger charge is -2.31. The molecule has 7 heteroatoms. The third-order valence-corrected chi connectivity index (χ3v) is 7.34. The largest absolute Gasteiger partial charge is 0.497 e. The van der Waals surface area contributed by atoms with Gasteiger partial charge in [0.25, 0.3) is 0 Å². The fraction of sp³-hybridized carbons (Fsp3) is 0.650. The van der Waals surface area contributed by atoms with Gasteiger partial charge in [-0.15, -0.1) is 0 Å². The first-order valence-corrected chi connectivity index (χ1v) is 11.6. The van der Waals surface area contributed by atoms with Crippen molar-refractivity contribution in [3.63, 3.8) is 0 Å². The molecular weight excluding hydrogens is 364 g/mol. The average molecular weight is 395 g/mol. The van der Waals surface area contributed by atoms with E-state index in [0.717, 1.165) is 37.2 Å². The second-order valence-electron chi connectivity index (χ2n) is 7.57. The number of amides is 1. The summed E-state index contributed by atoms with van der Waals surface area (Å²) in [6.45, 7) is 2.96. The number of carbonyl (C=O) groups is 1. The Balaban J connectivity index is 1.64. The zero-order valence-corrected chi connectivity index (χ0v) is 16.9. The summed E-state index contributed by atoms with van der Waals surface area (Å²) >= 11 is 0. The number of hydrogen-bond donors (Lipinski definition) is 0. The molecular formula is C20H30N2O4S. The minimum absolute atomic E-state index is 0.00809. The second-order valence-corrected chi connectivity index (χ2v) is 9.80. The van der Waals surface area contributed by atoms with Crippen LogP contribution >= 0.6 is 0 Å². The zero-order chi connectivity index (χ0) is 19.3. The van der Waals surface area contributed by atoms with Gasteiger partial charge in [0.05, 0.1) is 18.6 Å². The van der Waals surface area contributed by atoms with Crippen molar-refractivity contribution in [3.8, 4) is 5.75 Å².